The van der Waals surface area contributed by atoms with Crippen LogP contribution in [0.3, 0.4) is 0 Å². The number of nitrogens with zero attached hydrogens (tertiary/aromatic N) is 4. The Morgan fingerprint density at radius 1 is 1.28 bits per heavy atom. The zero-order chi connectivity index (χ0) is 20.0. The highest BCUT2D eigenvalue weighted by Crippen LogP contribution is 2.60. The highest BCUT2D eigenvalue weighted by Gasteiger charge is 2.57. The van der Waals surface area contributed by atoms with Crippen molar-refractivity contribution in [3.8, 4) is 12.1 Å². The number of carbonyl (C=O) groups is 1. The van der Waals surface area contributed by atoms with Crippen LogP contribution in [0, 0.1) is 45.8 Å². The van der Waals surface area contributed by atoms with Gasteiger partial charge < -0.3 is 15.0 Å². The summed E-state index contributed by atoms with van der Waals surface area (Å²) in [4.78, 5) is 18.9. The third-order valence-corrected chi connectivity index (χ3v) is 7.38. The van der Waals surface area contributed by atoms with Gasteiger partial charge in [-0.25, -0.2) is 9.78 Å². The predicted molar refractivity (Wildman–Crippen MR) is 104 cm³/mol. The lowest BCUT2D eigenvalue weighted by molar-refractivity contribution is -0.121. The molecule has 0 spiro atoms. The summed E-state index contributed by atoms with van der Waals surface area (Å²) < 4.78 is 6.03. The maximum Gasteiger partial charge on any atom is 0.410 e. The number of amides is 1. The molecule has 0 radical (unpaired) electrons. The van der Waals surface area contributed by atoms with Gasteiger partial charge in [0.05, 0.1) is 17.0 Å². The van der Waals surface area contributed by atoms with E-state index in [4.69, 9.17) is 4.74 Å². The molecule has 4 bridgehead atoms. The van der Waals surface area contributed by atoms with Gasteiger partial charge in [0, 0.05) is 25.3 Å². The van der Waals surface area contributed by atoms with E-state index >= 15 is 0 Å². The number of hydrogen-bond acceptors (Lipinski definition) is 6. The Labute approximate surface area is 170 Å². The first-order valence-electron chi connectivity index (χ1n) is 10.6. The number of aromatic nitrogens is 1. The normalized spacial score (nSPS) is 37.0. The molecule has 1 saturated heterocycles. The molecule has 7 heteroatoms. The first kappa shape index (κ1) is 18.2. The molecule has 150 valence electrons. The molecule has 4 saturated carbocycles. The summed E-state index contributed by atoms with van der Waals surface area (Å²) in [5.74, 6) is 1.88. The van der Waals surface area contributed by atoms with Crippen LogP contribution < -0.4 is 5.32 Å². The molecule has 0 aromatic carbocycles. The van der Waals surface area contributed by atoms with E-state index < -0.39 is 0 Å². The van der Waals surface area contributed by atoms with Crippen LogP contribution in [-0.2, 0) is 4.74 Å². The van der Waals surface area contributed by atoms with E-state index in [1.165, 1.54) is 0 Å². The second-order valence-electron chi connectivity index (χ2n) is 9.30. The van der Waals surface area contributed by atoms with Crippen molar-refractivity contribution in [3.63, 3.8) is 0 Å². The summed E-state index contributed by atoms with van der Waals surface area (Å²) >= 11 is 0. The van der Waals surface area contributed by atoms with E-state index in [0.717, 1.165) is 38.5 Å². The van der Waals surface area contributed by atoms with Crippen molar-refractivity contribution in [1.82, 2.24) is 9.88 Å². The van der Waals surface area contributed by atoms with Gasteiger partial charge in [-0.1, -0.05) is 0 Å². The molecule has 1 aromatic heterocycles. The third kappa shape index (κ3) is 3.19. The third-order valence-electron chi connectivity index (χ3n) is 7.38. The van der Waals surface area contributed by atoms with E-state index in [1.807, 2.05) is 0 Å². The molecule has 1 aliphatic heterocycles. The fourth-order valence-corrected chi connectivity index (χ4v) is 6.35. The molecule has 4 aliphatic carbocycles. The van der Waals surface area contributed by atoms with E-state index in [1.54, 1.807) is 23.2 Å². The molecule has 5 aliphatic rings. The van der Waals surface area contributed by atoms with Gasteiger partial charge in [-0.15, -0.1) is 0 Å². The minimum absolute atomic E-state index is 0.0338. The lowest BCUT2D eigenvalue weighted by Crippen LogP contribution is -2.55. The predicted octanol–water partition coefficient (Wildman–Crippen LogP) is 3.29. The number of carbonyl (C=O) groups excluding carboxylic acids is 1. The van der Waals surface area contributed by atoms with Crippen molar-refractivity contribution >= 4 is 11.9 Å². The van der Waals surface area contributed by atoms with E-state index in [-0.39, 0.29) is 23.7 Å². The molecule has 3 atom stereocenters. The highest BCUT2D eigenvalue weighted by molar-refractivity contribution is 5.68. The smallest absolute Gasteiger partial charge is 0.410 e. The van der Waals surface area contributed by atoms with Crippen LogP contribution in [-0.4, -0.2) is 41.2 Å². The number of rotatable bonds is 3. The van der Waals surface area contributed by atoms with E-state index in [2.05, 4.69) is 22.4 Å². The summed E-state index contributed by atoms with van der Waals surface area (Å²) in [7, 11) is 0. The average molecular weight is 391 g/mol. The average Bonchev–Trinajstić information content (AvgIpc) is 3.19. The SMILES string of the molecule is N#Cc1cccnc1N[C@@H]1CCN(C(=O)OC2C3CC4CC2CC(C#N)(C4)C3)C1. The summed E-state index contributed by atoms with van der Waals surface area (Å²) in [5.41, 5.74) is 0.344. The lowest BCUT2D eigenvalue weighted by atomic mass is 9.49. The Kier molecular flexibility index (Phi) is 4.35. The number of pyridine rings is 1. The molecule has 6 rings (SSSR count). The number of anilines is 1. The molecule has 29 heavy (non-hydrogen) atoms. The molecule has 2 unspecified atom stereocenters. The molecule has 2 heterocycles. The van der Waals surface area contributed by atoms with Crippen LogP contribution in [0.15, 0.2) is 18.3 Å². The number of likely N-dealkylation sites (tertiary alicyclic amines) is 1. The molecule has 5 fully saturated rings. The van der Waals surface area contributed by atoms with Gasteiger partial charge in [-0.3, -0.25) is 0 Å². The van der Waals surface area contributed by atoms with Crippen molar-refractivity contribution in [2.45, 2.75) is 50.7 Å². The van der Waals surface area contributed by atoms with E-state index in [9.17, 15) is 15.3 Å². The van der Waals surface area contributed by atoms with Crippen molar-refractivity contribution in [2.24, 2.45) is 23.2 Å². The fourth-order valence-electron chi connectivity index (χ4n) is 6.35. The van der Waals surface area contributed by atoms with Crippen molar-refractivity contribution in [1.29, 1.82) is 10.5 Å². The molecule has 7 nitrogen and oxygen atoms in total. The Morgan fingerprint density at radius 3 is 2.79 bits per heavy atom. The Bertz CT molecular complexity index is 887. The van der Waals surface area contributed by atoms with Crippen LogP contribution >= 0.6 is 0 Å². The zero-order valence-corrected chi connectivity index (χ0v) is 16.4. The van der Waals surface area contributed by atoms with Gasteiger partial charge in [0.2, 0.25) is 0 Å². The van der Waals surface area contributed by atoms with Crippen molar-refractivity contribution in [2.75, 3.05) is 18.4 Å². The van der Waals surface area contributed by atoms with Gasteiger partial charge in [-0.05, 0) is 68.4 Å². The van der Waals surface area contributed by atoms with Gasteiger partial charge in [0.1, 0.15) is 18.0 Å². The first-order chi connectivity index (χ1) is 14.1. The van der Waals surface area contributed by atoms with Gasteiger partial charge in [0.25, 0.3) is 0 Å². The van der Waals surface area contributed by atoms with Crippen LogP contribution in [0.4, 0.5) is 10.6 Å². The quantitative estimate of drug-likeness (QED) is 0.848. The number of nitrogens with one attached hydrogen (secondary N) is 1. The minimum atomic E-state index is -0.237. The Morgan fingerprint density at radius 2 is 2.07 bits per heavy atom. The summed E-state index contributed by atoms with van der Waals surface area (Å²) in [5, 5.41) is 22.2. The van der Waals surface area contributed by atoms with Crippen LogP contribution in [0.25, 0.3) is 0 Å². The molecule has 1 aromatic rings. The second kappa shape index (κ2) is 6.91. The van der Waals surface area contributed by atoms with Crippen molar-refractivity contribution < 1.29 is 9.53 Å². The maximum absolute atomic E-state index is 12.9. The van der Waals surface area contributed by atoms with Crippen LogP contribution in [0.2, 0.25) is 0 Å². The summed E-state index contributed by atoms with van der Waals surface area (Å²) in [6.07, 6.45) is 7.18. The van der Waals surface area contributed by atoms with Gasteiger partial charge >= 0.3 is 6.09 Å². The molecular weight excluding hydrogens is 366 g/mol. The number of ether oxygens (including phenoxy) is 1. The Balaban J connectivity index is 1.20. The topological polar surface area (TPSA) is 102 Å². The first-order valence-corrected chi connectivity index (χ1v) is 10.6. The van der Waals surface area contributed by atoms with Crippen LogP contribution in [0.5, 0.6) is 0 Å². The monoisotopic (exact) mass is 391 g/mol. The summed E-state index contributed by atoms with van der Waals surface area (Å²) in [6.45, 7) is 1.19. The van der Waals surface area contributed by atoms with Gasteiger partial charge in [0.15, 0.2) is 0 Å². The lowest BCUT2D eigenvalue weighted by Gasteiger charge is -2.56. The molecular formula is C22H25N5O2. The van der Waals surface area contributed by atoms with Crippen molar-refractivity contribution in [3.05, 3.63) is 23.9 Å². The second-order valence-corrected chi connectivity index (χ2v) is 9.30. The number of nitriles is 2. The summed E-state index contributed by atoms with van der Waals surface area (Å²) in [6, 6.07) is 8.26. The standard InChI is InChI=1S/C22H25N5O2/c23-11-15-2-1-4-25-20(15)26-18-3-5-27(12-18)21(28)29-19-16-6-14-7-17(19)10-22(8-14,9-16)13-24/h1-2,4,14,16-19H,3,5-10,12H2,(H,25,26)/t14?,16?,17?,18-,19?,22?/m1/s1. The zero-order valence-electron chi connectivity index (χ0n) is 16.4. The van der Waals surface area contributed by atoms with Gasteiger partial charge in [-0.2, -0.15) is 10.5 Å². The maximum atomic E-state index is 12.9. The fraction of sp³-hybridized carbons (Fsp3) is 0.636. The largest absolute Gasteiger partial charge is 0.446 e. The number of hydrogen-bond donors (Lipinski definition) is 1. The molecule has 1 amide bonds. The van der Waals surface area contributed by atoms with E-state index in [0.29, 0.717) is 42.2 Å². The van der Waals surface area contributed by atoms with Crippen LogP contribution in [0.1, 0.15) is 44.1 Å². The molecule has 1 N–H and O–H groups in total. The highest BCUT2D eigenvalue weighted by atomic mass is 16.6. The Hall–Kier alpha value is -2.80. The minimum Gasteiger partial charge on any atom is -0.446 e.